The van der Waals surface area contributed by atoms with Crippen LogP contribution >= 0.6 is 11.8 Å². The molecule has 0 saturated heterocycles. The molecule has 0 aliphatic rings. The van der Waals surface area contributed by atoms with Gasteiger partial charge in [-0.15, -0.1) is 0 Å². The van der Waals surface area contributed by atoms with Gasteiger partial charge in [0.05, 0.1) is 0 Å². The van der Waals surface area contributed by atoms with Crippen molar-refractivity contribution in [3.8, 4) is 0 Å². The van der Waals surface area contributed by atoms with E-state index in [9.17, 15) is 0 Å². The average molecular weight is 234 g/mol. The van der Waals surface area contributed by atoms with Crippen LogP contribution in [0.1, 0.15) is 5.56 Å². The van der Waals surface area contributed by atoms with Gasteiger partial charge in [0.2, 0.25) is 0 Å². The number of nitrogens with zero attached hydrogens (tertiary/aromatic N) is 3. The standard InChI is InChI=1S/C11H14N4S/c1-12-7-9-3-4-10(14-8-9)16-11-13-5-6-15(11)2/h3-6,8,12H,7H2,1-2H3. The van der Waals surface area contributed by atoms with Crippen LogP contribution in [0.2, 0.25) is 0 Å². The van der Waals surface area contributed by atoms with Crippen LogP contribution in [-0.2, 0) is 13.6 Å². The summed E-state index contributed by atoms with van der Waals surface area (Å²) in [6.07, 6.45) is 5.61. The van der Waals surface area contributed by atoms with Gasteiger partial charge in [-0.3, -0.25) is 0 Å². The van der Waals surface area contributed by atoms with Crippen molar-refractivity contribution in [1.29, 1.82) is 0 Å². The summed E-state index contributed by atoms with van der Waals surface area (Å²) in [6, 6.07) is 4.10. The van der Waals surface area contributed by atoms with E-state index in [0.717, 1.165) is 16.7 Å². The van der Waals surface area contributed by atoms with E-state index in [-0.39, 0.29) is 0 Å². The highest BCUT2D eigenvalue weighted by molar-refractivity contribution is 7.99. The van der Waals surface area contributed by atoms with Crippen LogP contribution < -0.4 is 5.32 Å². The van der Waals surface area contributed by atoms with E-state index in [1.165, 1.54) is 5.56 Å². The van der Waals surface area contributed by atoms with Crippen molar-refractivity contribution >= 4 is 11.8 Å². The molecule has 0 aliphatic carbocycles. The van der Waals surface area contributed by atoms with Gasteiger partial charge in [-0.2, -0.15) is 0 Å². The average Bonchev–Trinajstić information content (AvgIpc) is 2.68. The maximum Gasteiger partial charge on any atom is 0.174 e. The number of aryl methyl sites for hydroxylation is 1. The smallest absolute Gasteiger partial charge is 0.174 e. The molecular formula is C11H14N4S. The van der Waals surface area contributed by atoms with E-state index in [1.807, 2.05) is 37.1 Å². The van der Waals surface area contributed by atoms with Crippen LogP contribution in [0, 0.1) is 0 Å². The molecule has 5 heteroatoms. The first-order valence-electron chi connectivity index (χ1n) is 5.04. The summed E-state index contributed by atoms with van der Waals surface area (Å²) in [7, 11) is 3.90. The van der Waals surface area contributed by atoms with Gasteiger partial charge in [-0.25, -0.2) is 9.97 Å². The van der Waals surface area contributed by atoms with Gasteiger partial charge < -0.3 is 9.88 Å². The maximum absolute atomic E-state index is 4.38. The lowest BCUT2D eigenvalue weighted by Gasteiger charge is -2.02. The number of hydrogen-bond donors (Lipinski definition) is 1. The molecule has 2 rings (SSSR count). The second kappa shape index (κ2) is 5.14. The molecular weight excluding hydrogens is 220 g/mol. The Kier molecular flexibility index (Phi) is 3.58. The van der Waals surface area contributed by atoms with Crippen LogP contribution in [0.15, 0.2) is 40.9 Å². The zero-order valence-electron chi connectivity index (χ0n) is 9.34. The summed E-state index contributed by atoms with van der Waals surface area (Å²) in [4.78, 5) is 8.63. The molecule has 2 aromatic heterocycles. The second-order valence-corrected chi connectivity index (χ2v) is 4.45. The molecule has 0 aliphatic heterocycles. The molecule has 0 unspecified atom stereocenters. The van der Waals surface area contributed by atoms with Gasteiger partial charge >= 0.3 is 0 Å². The maximum atomic E-state index is 4.38. The van der Waals surface area contributed by atoms with E-state index >= 15 is 0 Å². The van der Waals surface area contributed by atoms with E-state index in [0.29, 0.717) is 0 Å². The summed E-state index contributed by atoms with van der Waals surface area (Å²) in [5.74, 6) is 0. The van der Waals surface area contributed by atoms with Crippen LogP contribution in [-0.4, -0.2) is 21.6 Å². The molecule has 0 atom stereocenters. The van der Waals surface area contributed by atoms with Crippen molar-refractivity contribution in [2.75, 3.05) is 7.05 Å². The molecule has 2 heterocycles. The van der Waals surface area contributed by atoms with Crippen LogP contribution in [0.25, 0.3) is 0 Å². The fraction of sp³-hybridized carbons (Fsp3) is 0.273. The number of pyridine rings is 1. The normalized spacial score (nSPS) is 10.6. The largest absolute Gasteiger partial charge is 0.329 e. The Morgan fingerprint density at radius 2 is 2.25 bits per heavy atom. The molecule has 1 N–H and O–H groups in total. The third-order valence-corrected chi connectivity index (χ3v) is 3.18. The minimum Gasteiger partial charge on any atom is -0.329 e. The summed E-state index contributed by atoms with van der Waals surface area (Å²) < 4.78 is 1.98. The first-order valence-corrected chi connectivity index (χ1v) is 5.86. The van der Waals surface area contributed by atoms with Crippen molar-refractivity contribution in [3.63, 3.8) is 0 Å². The molecule has 0 saturated carbocycles. The van der Waals surface area contributed by atoms with Gasteiger partial charge in [0, 0.05) is 32.2 Å². The molecule has 0 amide bonds. The number of nitrogens with one attached hydrogen (secondary N) is 1. The lowest BCUT2D eigenvalue weighted by Crippen LogP contribution is -2.05. The Morgan fingerprint density at radius 1 is 1.38 bits per heavy atom. The summed E-state index contributed by atoms with van der Waals surface area (Å²) in [6.45, 7) is 0.848. The second-order valence-electron chi connectivity index (χ2n) is 3.46. The van der Waals surface area contributed by atoms with Crippen LogP contribution in [0.4, 0.5) is 0 Å². The van der Waals surface area contributed by atoms with Crippen molar-refractivity contribution < 1.29 is 0 Å². The van der Waals surface area contributed by atoms with Gasteiger partial charge in [0.1, 0.15) is 5.03 Å². The first kappa shape index (κ1) is 11.2. The number of imidazole rings is 1. The van der Waals surface area contributed by atoms with Crippen molar-refractivity contribution in [2.24, 2.45) is 7.05 Å². The fourth-order valence-electron chi connectivity index (χ4n) is 1.32. The Balaban J connectivity index is 2.08. The molecule has 84 valence electrons. The Bertz CT molecular complexity index is 449. The van der Waals surface area contributed by atoms with Crippen LogP contribution in [0.3, 0.4) is 0 Å². The van der Waals surface area contributed by atoms with E-state index in [1.54, 1.807) is 18.0 Å². The fourth-order valence-corrected chi connectivity index (χ4v) is 2.07. The Morgan fingerprint density at radius 3 is 2.81 bits per heavy atom. The highest BCUT2D eigenvalue weighted by atomic mass is 32.2. The third kappa shape index (κ3) is 2.62. The third-order valence-electron chi connectivity index (χ3n) is 2.15. The zero-order valence-corrected chi connectivity index (χ0v) is 10.2. The van der Waals surface area contributed by atoms with Crippen molar-refractivity contribution in [1.82, 2.24) is 19.9 Å². The first-order chi connectivity index (χ1) is 7.79. The molecule has 0 spiro atoms. The van der Waals surface area contributed by atoms with E-state index in [4.69, 9.17) is 0 Å². The molecule has 0 radical (unpaired) electrons. The van der Waals surface area contributed by atoms with Crippen LogP contribution in [0.5, 0.6) is 0 Å². The lowest BCUT2D eigenvalue weighted by atomic mass is 10.3. The minimum atomic E-state index is 0.848. The molecule has 2 aromatic rings. The Labute approximate surface area is 99.1 Å². The van der Waals surface area contributed by atoms with Gasteiger partial charge in [0.25, 0.3) is 0 Å². The summed E-state index contributed by atoms with van der Waals surface area (Å²) >= 11 is 1.57. The quantitative estimate of drug-likeness (QED) is 0.874. The molecule has 0 aromatic carbocycles. The predicted molar refractivity (Wildman–Crippen MR) is 64.3 cm³/mol. The minimum absolute atomic E-state index is 0.848. The van der Waals surface area contributed by atoms with E-state index in [2.05, 4.69) is 21.4 Å². The topological polar surface area (TPSA) is 42.7 Å². The van der Waals surface area contributed by atoms with Gasteiger partial charge in [-0.05, 0) is 30.4 Å². The van der Waals surface area contributed by atoms with Gasteiger partial charge in [0.15, 0.2) is 5.16 Å². The number of rotatable bonds is 4. The monoisotopic (exact) mass is 234 g/mol. The van der Waals surface area contributed by atoms with Crippen molar-refractivity contribution in [3.05, 3.63) is 36.3 Å². The summed E-state index contributed by atoms with van der Waals surface area (Å²) in [5, 5.41) is 5.01. The number of aromatic nitrogens is 3. The molecule has 0 bridgehead atoms. The number of hydrogen-bond acceptors (Lipinski definition) is 4. The molecule has 0 fully saturated rings. The highest BCUT2D eigenvalue weighted by Crippen LogP contribution is 2.23. The SMILES string of the molecule is CNCc1ccc(Sc2nccn2C)nc1. The van der Waals surface area contributed by atoms with Gasteiger partial charge in [-0.1, -0.05) is 6.07 Å². The van der Waals surface area contributed by atoms with E-state index < -0.39 is 0 Å². The predicted octanol–water partition coefficient (Wildman–Crippen LogP) is 1.69. The molecule has 4 nitrogen and oxygen atoms in total. The lowest BCUT2D eigenvalue weighted by molar-refractivity contribution is 0.787. The Hall–Kier alpha value is -1.33. The summed E-state index contributed by atoms with van der Waals surface area (Å²) in [5.41, 5.74) is 1.19. The van der Waals surface area contributed by atoms with Crippen molar-refractivity contribution in [2.45, 2.75) is 16.7 Å². The highest BCUT2D eigenvalue weighted by Gasteiger charge is 2.03. The zero-order chi connectivity index (χ0) is 11.4. The molecule has 16 heavy (non-hydrogen) atoms.